The lowest BCUT2D eigenvalue weighted by Gasteiger charge is -2.26. The first-order valence-corrected chi connectivity index (χ1v) is 11.4. The van der Waals surface area contributed by atoms with Crippen LogP contribution in [0.3, 0.4) is 0 Å². The molecule has 0 saturated heterocycles. The molecule has 0 bridgehead atoms. The summed E-state index contributed by atoms with van der Waals surface area (Å²) in [5, 5.41) is 11.4. The summed E-state index contributed by atoms with van der Waals surface area (Å²) < 4.78 is 10.9. The molecule has 0 aromatic carbocycles. The van der Waals surface area contributed by atoms with Crippen molar-refractivity contribution >= 4 is 16.1 Å². The minimum absolute atomic E-state index is 0.0776. The van der Waals surface area contributed by atoms with Crippen LogP contribution in [-0.4, -0.2) is 58.4 Å². The maximum atomic E-state index is 11.7. The molecule has 1 aromatic rings. The Hall–Kier alpha value is -1.12. The molecule has 0 unspecified atom stereocenters. The van der Waals surface area contributed by atoms with E-state index in [2.05, 4.69) is 53.0 Å². The van der Waals surface area contributed by atoms with Crippen molar-refractivity contribution in [2.24, 2.45) is 0 Å². The van der Waals surface area contributed by atoms with E-state index in [-0.39, 0.29) is 23.6 Å². The van der Waals surface area contributed by atoms with Gasteiger partial charge < -0.3 is 10.1 Å². The van der Waals surface area contributed by atoms with Crippen LogP contribution in [0, 0.1) is 0 Å². The van der Waals surface area contributed by atoms with Crippen LogP contribution in [0.25, 0.3) is 0 Å². The molecule has 0 spiro atoms. The quantitative estimate of drug-likeness (QED) is 0.648. The first kappa shape index (κ1) is 21.9. The predicted molar refractivity (Wildman–Crippen MR) is 105 cm³/mol. The van der Waals surface area contributed by atoms with E-state index in [1.165, 1.54) is 0 Å². The molecule has 0 radical (unpaired) electrons. The molecule has 0 aliphatic carbocycles. The van der Waals surface area contributed by atoms with Gasteiger partial charge in [-0.15, -0.1) is 5.10 Å². The van der Waals surface area contributed by atoms with Crippen LogP contribution in [-0.2, 0) is 21.6 Å². The van der Waals surface area contributed by atoms with E-state index in [1.54, 1.807) is 0 Å². The molecule has 146 valence electrons. The second kappa shape index (κ2) is 8.51. The van der Waals surface area contributed by atoms with E-state index in [1.807, 2.05) is 31.6 Å². The molecule has 1 heterocycles. The normalized spacial score (nSPS) is 13.8. The van der Waals surface area contributed by atoms with Gasteiger partial charge >= 0.3 is 0 Å². The molecule has 1 amide bonds. The Balaban J connectivity index is 2.43. The third-order valence-electron chi connectivity index (χ3n) is 3.45. The summed E-state index contributed by atoms with van der Waals surface area (Å²) in [5.74, 6) is -0.0934. The SMILES string of the molecule is CC(C)(C)NC(=O)COCCC(C)(C)n1cc(CNS(C)(C)C)nn1. The lowest BCUT2D eigenvalue weighted by atomic mass is 10.0. The van der Waals surface area contributed by atoms with Crippen LogP contribution in [0.15, 0.2) is 6.20 Å². The number of hydrogen-bond donors (Lipinski definition) is 2. The van der Waals surface area contributed by atoms with Crippen molar-refractivity contribution in [1.29, 1.82) is 0 Å². The lowest BCUT2D eigenvalue weighted by molar-refractivity contribution is -0.127. The summed E-state index contributed by atoms with van der Waals surface area (Å²) in [5.41, 5.74) is 0.473. The summed E-state index contributed by atoms with van der Waals surface area (Å²) >= 11 is 0. The Bertz CT molecular complexity index is 558. The van der Waals surface area contributed by atoms with Crippen LogP contribution in [0.5, 0.6) is 0 Å². The predicted octanol–water partition coefficient (Wildman–Crippen LogP) is 2.03. The molecule has 2 N–H and O–H groups in total. The van der Waals surface area contributed by atoms with Gasteiger partial charge in [-0.25, -0.2) is 4.68 Å². The number of nitrogens with one attached hydrogen (secondary N) is 2. The van der Waals surface area contributed by atoms with Gasteiger partial charge in [-0.05, 0) is 59.8 Å². The van der Waals surface area contributed by atoms with Crippen LogP contribution >= 0.6 is 10.2 Å². The maximum Gasteiger partial charge on any atom is 0.246 e. The fraction of sp³-hybridized carbons (Fsp3) is 0.824. The van der Waals surface area contributed by atoms with E-state index in [0.717, 1.165) is 18.7 Å². The molecular weight excluding hydrogens is 338 g/mol. The van der Waals surface area contributed by atoms with Crippen molar-refractivity contribution in [2.45, 2.75) is 58.7 Å². The van der Waals surface area contributed by atoms with Gasteiger partial charge in [-0.1, -0.05) is 5.21 Å². The topological polar surface area (TPSA) is 81.1 Å². The standard InChI is InChI=1S/C17H35N5O2S/c1-16(2,3)19-15(23)13-24-10-9-17(4,5)22-12-14(20-21-22)11-18-25(6,7)8/h12,18H,9-11,13H2,1-8H3,(H,19,23). The largest absolute Gasteiger partial charge is 0.372 e. The number of ether oxygens (including phenoxy) is 1. The molecule has 7 nitrogen and oxygen atoms in total. The molecule has 0 aliphatic rings. The molecule has 1 aromatic heterocycles. The highest BCUT2D eigenvalue weighted by atomic mass is 32.3. The fourth-order valence-electron chi connectivity index (χ4n) is 2.02. The third-order valence-corrected chi connectivity index (χ3v) is 4.46. The van der Waals surface area contributed by atoms with E-state index in [0.29, 0.717) is 6.61 Å². The van der Waals surface area contributed by atoms with Gasteiger partial charge in [0, 0.05) is 12.1 Å². The minimum atomic E-state index is -0.772. The van der Waals surface area contributed by atoms with Crippen molar-refractivity contribution in [3.8, 4) is 0 Å². The fourth-order valence-corrected chi connectivity index (χ4v) is 2.60. The van der Waals surface area contributed by atoms with E-state index in [4.69, 9.17) is 4.74 Å². The number of carbonyl (C=O) groups excluding carboxylic acids is 1. The van der Waals surface area contributed by atoms with Gasteiger partial charge in [-0.3, -0.25) is 9.52 Å². The zero-order valence-corrected chi connectivity index (χ0v) is 17.8. The molecule has 0 atom stereocenters. The molecule has 1 rings (SSSR count). The molecule has 8 heteroatoms. The summed E-state index contributed by atoms with van der Waals surface area (Å²) in [6.45, 7) is 11.3. The van der Waals surface area contributed by atoms with Gasteiger partial charge in [0.25, 0.3) is 0 Å². The van der Waals surface area contributed by atoms with Crippen LogP contribution in [0.1, 0.15) is 46.7 Å². The van der Waals surface area contributed by atoms with Crippen molar-refractivity contribution in [2.75, 3.05) is 32.0 Å². The van der Waals surface area contributed by atoms with Gasteiger partial charge in [0.15, 0.2) is 0 Å². The minimum Gasteiger partial charge on any atom is -0.372 e. The Kier molecular flexibility index (Phi) is 7.46. The second-order valence-corrected chi connectivity index (χ2v) is 12.7. The summed E-state index contributed by atoms with van der Waals surface area (Å²) in [7, 11) is -0.772. The number of nitrogens with zero attached hydrogens (tertiary/aromatic N) is 3. The first-order valence-electron chi connectivity index (χ1n) is 8.52. The average molecular weight is 374 g/mol. The number of carbonyl (C=O) groups is 1. The zero-order chi connectivity index (χ0) is 19.3. The molecule has 25 heavy (non-hydrogen) atoms. The van der Waals surface area contributed by atoms with Gasteiger partial charge in [0.2, 0.25) is 5.91 Å². The third kappa shape index (κ3) is 9.23. The highest BCUT2D eigenvalue weighted by molar-refractivity contribution is 8.30. The van der Waals surface area contributed by atoms with Crippen LogP contribution < -0.4 is 10.0 Å². The summed E-state index contributed by atoms with van der Waals surface area (Å²) in [6, 6.07) is 0. The van der Waals surface area contributed by atoms with Crippen molar-refractivity contribution in [3.05, 3.63) is 11.9 Å². The number of hydrogen-bond acceptors (Lipinski definition) is 5. The van der Waals surface area contributed by atoms with Crippen LogP contribution in [0.4, 0.5) is 0 Å². The Morgan fingerprint density at radius 2 is 1.88 bits per heavy atom. The van der Waals surface area contributed by atoms with Crippen molar-refractivity contribution in [1.82, 2.24) is 25.0 Å². The highest BCUT2D eigenvalue weighted by Gasteiger charge is 2.22. The zero-order valence-electron chi connectivity index (χ0n) is 17.0. The maximum absolute atomic E-state index is 11.7. The first-order chi connectivity index (χ1) is 11.3. The molecule has 0 fully saturated rings. The molecular formula is C17H35N5O2S. The smallest absolute Gasteiger partial charge is 0.246 e. The van der Waals surface area contributed by atoms with Crippen LogP contribution in [0.2, 0.25) is 0 Å². The Morgan fingerprint density at radius 3 is 2.44 bits per heavy atom. The van der Waals surface area contributed by atoms with Gasteiger partial charge in [-0.2, -0.15) is 10.2 Å². The number of amides is 1. The average Bonchev–Trinajstić information content (AvgIpc) is 2.88. The number of rotatable bonds is 9. The Labute approximate surface area is 153 Å². The second-order valence-electron chi connectivity index (χ2n) is 8.73. The van der Waals surface area contributed by atoms with E-state index in [9.17, 15) is 4.79 Å². The van der Waals surface area contributed by atoms with Gasteiger partial charge in [0.1, 0.15) is 6.61 Å². The van der Waals surface area contributed by atoms with Crippen molar-refractivity contribution < 1.29 is 9.53 Å². The van der Waals surface area contributed by atoms with Gasteiger partial charge in [0.05, 0.1) is 24.0 Å². The monoisotopic (exact) mass is 373 g/mol. The summed E-state index contributed by atoms with van der Waals surface area (Å²) in [4.78, 5) is 11.7. The van der Waals surface area contributed by atoms with E-state index < -0.39 is 10.2 Å². The highest BCUT2D eigenvalue weighted by Crippen LogP contribution is 2.29. The lowest BCUT2D eigenvalue weighted by Crippen LogP contribution is -2.42. The summed E-state index contributed by atoms with van der Waals surface area (Å²) in [6.07, 6.45) is 9.33. The van der Waals surface area contributed by atoms with E-state index >= 15 is 0 Å². The number of aromatic nitrogens is 3. The molecule has 0 saturated carbocycles. The Morgan fingerprint density at radius 1 is 1.24 bits per heavy atom. The van der Waals surface area contributed by atoms with Crippen molar-refractivity contribution in [3.63, 3.8) is 0 Å². The molecule has 0 aliphatic heterocycles.